The molecular formula is C6H16N2Zn. The third kappa shape index (κ3) is 11.9. The number of likely N-dealkylation sites (N-methyl/N-ethyl adjacent to an activating group) is 2. The third-order valence-electron chi connectivity index (χ3n) is 0.994. The van der Waals surface area contributed by atoms with Crippen molar-refractivity contribution < 1.29 is 19.5 Å². The summed E-state index contributed by atoms with van der Waals surface area (Å²) in [6.45, 7) is 2.29. The Balaban J connectivity index is 0. The fraction of sp³-hybridized carbons (Fsp3) is 1.00. The molecule has 0 aliphatic rings. The average Bonchev–Trinajstić information content (AvgIpc) is 1.61. The van der Waals surface area contributed by atoms with Gasteiger partial charge in [-0.2, -0.15) is 0 Å². The van der Waals surface area contributed by atoms with Crippen LogP contribution in [0.5, 0.6) is 0 Å². The molecule has 0 fully saturated rings. The molecule has 3 heteroatoms. The number of hydrogen-bond acceptors (Lipinski definition) is 2. The molecule has 0 spiro atoms. The minimum absolute atomic E-state index is 0. The van der Waals surface area contributed by atoms with E-state index in [1.54, 1.807) is 0 Å². The zero-order chi connectivity index (χ0) is 6.57. The Morgan fingerprint density at radius 2 is 1.00 bits per heavy atom. The summed E-state index contributed by atoms with van der Waals surface area (Å²) in [4.78, 5) is 4.36. The molecule has 9 heavy (non-hydrogen) atoms. The van der Waals surface area contributed by atoms with Crippen LogP contribution in [0.1, 0.15) is 0 Å². The van der Waals surface area contributed by atoms with Crippen LogP contribution < -0.4 is 0 Å². The summed E-state index contributed by atoms with van der Waals surface area (Å²) in [6, 6.07) is 0. The molecule has 0 saturated carbocycles. The van der Waals surface area contributed by atoms with E-state index in [0.717, 1.165) is 13.1 Å². The molecule has 0 saturated heterocycles. The molecule has 0 rings (SSSR count). The standard InChI is InChI=1S/C6H16N2.Zn/c1-7(2)5-6-8(3)4;/h5-6H2,1-4H3;. The molecule has 0 heterocycles. The molecule has 52 valence electrons. The van der Waals surface area contributed by atoms with E-state index in [1.807, 2.05) is 0 Å². The number of nitrogens with zero attached hydrogens (tertiary/aromatic N) is 2. The molecule has 0 aromatic rings. The van der Waals surface area contributed by atoms with Gasteiger partial charge in [-0.3, -0.25) is 0 Å². The van der Waals surface area contributed by atoms with Crippen molar-refractivity contribution in [3.8, 4) is 0 Å². The third-order valence-corrected chi connectivity index (χ3v) is 0.994. The molecule has 0 N–H and O–H groups in total. The Morgan fingerprint density at radius 1 is 0.778 bits per heavy atom. The van der Waals surface area contributed by atoms with E-state index < -0.39 is 0 Å². The van der Waals surface area contributed by atoms with Crippen LogP contribution in [0.3, 0.4) is 0 Å². The Morgan fingerprint density at radius 3 is 1.11 bits per heavy atom. The maximum absolute atomic E-state index is 2.18. The van der Waals surface area contributed by atoms with E-state index in [0.29, 0.717) is 0 Å². The van der Waals surface area contributed by atoms with E-state index in [4.69, 9.17) is 0 Å². The molecule has 0 aliphatic carbocycles. The summed E-state index contributed by atoms with van der Waals surface area (Å²) in [5.74, 6) is 0. The Kier molecular flexibility index (Phi) is 9.06. The first-order valence-electron chi connectivity index (χ1n) is 2.92. The maximum Gasteiger partial charge on any atom is 0.0103 e. The second-order valence-corrected chi connectivity index (χ2v) is 2.61. The van der Waals surface area contributed by atoms with E-state index in [2.05, 4.69) is 38.0 Å². The first-order chi connectivity index (χ1) is 3.63. The van der Waals surface area contributed by atoms with Crippen LogP contribution in [0.4, 0.5) is 0 Å². The molecule has 0 unspecified atom stereocenters. The minimum atomic E-state index is 0. The van der Waals surface area contributed by atoms with Crippen molar-refractivity contribution in [3.63, 3.8) is 0 Å². The Bertz CT molecular complexity index is 47.0. The van der Waals surface area contributed by atoms with Gasteiger partial charge in [0.25, 0.3) is 0 Å². The van der Waals surface area contributed by atoms with Crippen LogP contribution in [-0.2, 0) is 19.5 Å². The van der Waals surface area contributed by atoms with E-state index in [-0.39, 0.29) is 19.5 Å². The van der Waals surface area contributed by atoms with Gasteiger partial charge in [0.1, 0.15) is 0 Å². The predicted molar refractivity (Wildman–Crippen MR) is 37.1 cm³/mol. The van der Waals surface area contributed by atoms with Gasteiger partial charge in [-0.05, 0) is 28.2 Å². The second-order valence-electron chi connectivity index (χ2n) is 2.61. The van der Waals surface area contributed by atoms with Crippen molar-refractivity contribution in [2.75, 3.05) is 41.3 Å². The number of hydrogen-bond donors (Lipinski definition) is 0. The van der Waals surface area contributed by atoms with Crippen LogP contribution in [0.15, 0.2) is 0 Å². The zero-order valence-corrected chi connectivity index (χ0v) is 9.98. The van der Waals surface area contributed by atoms with Crippen molar-refractivity contribution in [1.29, 1.82) is 0 Å². The Labute approximate surface area is 71.0 Å². The predicted octanol–water partition coefficient (Wildman–Crippen LogP) is 0.107. The van der Waals surface area contributed by atoms with Crippen molar-refractivity contribution >= 4 is 0 Å². The van der Waals surface area contributed by atoms with Gasteiger partial charge in [0.05, 0.1) is 0 Å². The zero-order valence-electron chi connectivity index (χ0n) is 7.02. The van der Waals surface area contributed by atoms with E-state index in [9.17, 15) is 0 Å². The monoisotopic (exact) mass is 180 g/mol. The number of rotatable bonds is 3. The largest absolute Gasteiger partial charge is 0.308 e. The van der Waals surface area contributed by atoms with Gasteiger partial charge in [0, 0.05) is 32.6 Å². The van der Waals surface area contributed by atoms with Gasteiger partial charge < -0.3 is 9.80 Å². The Hall–Kier alpha value is 0.543. The smallest absolute Gasteiger partial charge is 0.0103 e. The molecule has 0 aromatic heterocycles. The fourth-order valence-electron chi connectivity index (χ4n) is 0.400. The van der Waals surface area contributed by atoms with Crippen LogP contribution in [0.2, 0.25) is 0 Å². The molecular weight excluding hydrogens is 165 g/mol. The first kappa shape index (κ1) is 12.2. The van der Waals surface area contributed by atoms with Crippen molar-refractivity contribution in [2.24, 2.45) is 0 Å². The van der Waals surface area contributed by atoms with Gasteiger partial charge >= 0.3 is 0 Å². The molecule has 0 atom stereocenters. The van der Waals surface area contributed by atoms with Crippen LogP contribution in [-0.4, -0.2) is 51.1 Å². The summed E-state index contributed by atoms with van der Waals surface area (Å²) in [6.07, 6.45) is 0. The summed E-state index contributed by atoms with van der Waals surface area (Å²) in [5, 5.41) is 0. The van der Waals surface area contributed by atoms with Gasteiger partial charge in [-0.25, -0.2) is 0 Å². The quantitative estimate of drug-likeness (QED) is 0.571. The average molecular weight is 182 g/mol. The molecule has 2 nitrogen and oxygen atoms in total. The summed E-state index contributed by atoms with van der Waals surface area (Å²) < 4.78 is 0. The SMILES string of the molecule is CN(C)CCN(C)C.[Zn]. The molecule has 0 radical (unpaired) electrons. The summed E-state index contributed by atoms with van der Waals surface area (Å²) >= 11 is 0. The van der Waals surface area contributed by atoms with Gasteiger partial charge in [-0.15, -0.1) is 0 Å². The van der Waals surface area contributed by atoms with E-state index in [1.165, 1.54) is 0 Å². The molecule has 0 aromatic carbocycles. The van der Waals surface area contributed by atoms with Gasteiger partial charge in [0.2, 0.25) is 0 Å². The van der Waals surface area contributed by atoms with Crippen LogP contribution in [0.25, 0.3) is 0 Å². The fourth-order valence-corrected chi connectivity index (χ4v) is 0.400. The van der Waals surface area contributed by atoms with Gasteiger partial charge in [-0.1, -0.05) is 0 Å². The molecule has 0 bridgehead atoms. The van der Waals surface area contributed by atoms with E-state index >= 15 is 0 Å². The normalized spacial score (nSPS) is 10.0. The van der Waals surface area contributed by atoms with Crippen molar-refractivity contribution in [3.05, 3.63) is 0 Å². The van der Waals surface area contributed by atoms with Gasteiger partial charge in [0.15, 0.2) is 0 Å². The summed E-state index contributed by atoms with van der Waals surface area (Å²) in [5.41, 5.74) is 0. The molecule has 0 aliphatic heterocycles. The van der Waals surface area contributed by atoms with Crippen LogP contribution in [0, 0.1) is 0 Å². The van der Waals surface area contributed by atoms with Crippen molar-refractivity contribution in [2.45, 2.75) is 0 Å². The summed E-state index contributed by atoms with van der Waals surface area (Å²) in [7, 11) is 8.35. The van der Waals surface area contributed by atoms with Crippen LogP contribution >= 0.6 is 0 Å². The van der Waals surface area contributed by atoms with Crippen molar-refractivity contribution in [1.82, 2.24) is 9.80 Å². The maximum atomic E-state index is 2.18. The molecule has 0 amide bonds. The second kappa shape index (κ2) is 6.66. The topological polar surface area (TPSA) is 6.48 Å². The minimum Gasteiger partial charge on any atom is -0.308 e. The first-order valence-corrected chi connectivity index (χ1v) is 2.92.